The summed E-state index contributed by atoms with van der Waals surface area (Å²) in [6, 6.07) is 7.91. The van der Waals surface area contributed by atoms with E-state index in [0.29, 0.717) is 11.8 Å². The maximum Gasteiger partial charge on any atom is 0.115 e. The number of hydrogen-bond acceptors (Lipinski definition) is 3. The maximum atomic E-state index is 9.25. The summed E-state index contributed by atoms with van der Waals surface area (Å²) in [4.78, 5) is 0. The monoisotopic (exact) mass is 279 g/mol. The number of aliphatic hydroxyl groups is 1. The van der Waals surface area contributed by atoms with E-state index in [-0.39, 0.29) is 12.0 Å². The smallest absolute Gasteiger partial charge is 0.115 e. The number of phenols is 1. The third kappa shape index (κ3) is 6.92. The van der Waals surface area contributed by atoms with Crippen LogP contribution in [0.25, 0.3) is 0 Å². The number of rotatable bonds is 9. The van der Waals surface area contributed by atoms with Crippen LogP contribution in [0.2, 0.25) is 0 Å². The highest BCUT2D eigenvalue weighted by Crippen LogP contribution is 2.21. The lowest BCUT2D eigenvalue weighted by molar-refractivity contribution is 0.232. The second-order valence-corrected chi connectivity index (χ2v) is 6.48. The average molecular weight is 279 g/mol. The molecule has 0 aliphatic carbocycles. The second kappa shape index (κ2) is 8.28. The van der Waals surface area contributed by atoms with Crippen LogP contribution in [-0.2, 0) is 6.42 Å². The molecule has 0 aromatic heterocycles. The van der Waals surface area contributed by atoms with Crippen LogP contribution in [0.5, 0.6) is 5.75 Å². The summed E-state index contributed by atoms with van der Waals surface area (Å²) < 4.78 is 0. The van der Waals surface area contributed by atoms with E-state index in [1.165, 1.54) is 5.56 Å². The first-order valence-corrected chi connectivity index (χ1v) is 7.55. The van der Waals surface area contributed by atoms with Gasteiger partial charge < -0.3 is 15.5 Å². The molecule has 0 aliphatic rings. The average Bonchev–Trinajstić information content (AvgIpc) is 2.42. The lowest BCUT2D eigenvalue weighted by Gasteiger charge is -2.27. The Morgan fingerprint density at radius 2 is 1.85 bits per heavy atom. The number of aromatic hydroxyl groups is 1. The lowest BCUT2D eigenvalue weighted by Crippen LogP contribution is -2.35. The van der Waals surface area contributed by atoms with Crippen molar-refractivity contribution in [3.63, 3.8) is 0 Å². The normalized spacial score (nSPS) is 13.4. The van der Waals surface area contributed by atoms with E-state index in [1.54, 1.807) is 12.1 Å². The molecule has 0 radical (unpaired) electrons. The van der Waals surface area contributed by atoms with Gasteiger partial charge in [-0.25, -0.2) is 0 Å². The number of aliphatic hydroxyl groups excluding tert-OH is 1. The Kier molecular flexibility index (Phi) is 7.03. The molecule has 3 N–H and O–H groups in total. The molecule has 114 valence electrons. The van der Waals surface area contributed by atoms with E-state index in [0.717, 1.165) is 32.2 Å². The van der Waals surface area contributed by atoms with E-state index in [2.05, 4.69) is 26.1 Å². The third-order valence-electron chi connectivity index (χ3n) is 3.74. The van der Waals surface area contributed by atoms with Gasteiger partial charge in [-0.05, 0) is 55.7 Å². The second-order valence-electron chi connectivity index (χ2n) is 6.48. The van der Waals surface area contributed by atoms with Crippen LogP contribution in [0.15, 0.2) is 24.3 Å². The van der Waals surface area contributed by atoms with Crippen molar-refractivity contribution in [3.8, 4) is 5.75 Å². The first-order chi connectivity index (χ1) is 9.43. The van der Waals surface area contributed by atoms with Crippen molar-refractivity contribution >= 4 is 0 Å². The number of phenolic OH excluding ortho intramolecular Hbond substituents is 1. The van der Waals surface area contributed by atoms with Crippen LogP contribution in [0.3, 0.4) is 0 Å². The van der Waals surface area contributed by atoms with Crippen molar-refractivity contribution in [2.75, 3.05) is 13.2 Å². The van der Waals surface area contributed by atoms with Crippen LogP contribution < -0.4 is 5.32 Å². The molecular weight excluding hydrogens is 250 g/mol. The van der Waals surface area contributed by atoms with Gasteiger partial charge >= 0.3 is 0 Å². The fourth-order valence-electron chi connectivity index (χ4n) is 2.24. The number of aryl methyl sites for hydroxylation is 1. The third-order valence-corrected chi connectivity index (χ3v) is 3.74. The fraction of sp³-hybridized carbons (Fsp3) is 0.647. The molecule has 0 spiro atoms. The Bertz CT molecular complexity index is 373. The van der Waals surface area contributed by atoms with Crippen molar-refractivity contribution < 1.29 is 10.2 Å². The van der Waals surface area contributed by atoms with E-state index in [4.69, 9.17) is 5.11 Å². The highest BCUT2D eigenvalue weighted by atomic mass is 16.3. The SMILES string of the molecule is CC(CCc1ccc(O)cc1)NCC(C)(C)CCCO. The molecule has 0 heterocycles. The van der Waals surface area contributed by atoms with E-state index in [1.807, 2.05) is 12.1 Å². The molecule has 20 heavy (non-hydrogen) atoms. The van der Waals surface area contributed by atoms with Gasteiger partial charge in [0.25, 0.3) is 0 Å². The van der Waals surface area contributed by atoms with E-state index in [9.17, 15) is 5.11 Å². The van der Waals surface area contributed by atoms with Crippen LogP contribution in [0, 0.1) is 5.41 Å². The molecular formula is C17H29NO2. The van der Waals surface area contributed by atoms with Gasteiger partial charge in [0.15, 0.2) is 0 Å². The molecule has 0 fully saturated rings. The summed E-state index contributed by atoms with van der Waals surface area (Å²) in [6.45, 7) is 7.94. The highest BCUT2D eigenvalue weighted by molar-refractivity contribution is 5.25. The zero-order chi connectivity index (χ0) is 15.0. The first-order valence-electron chi connectivity index (χ1n) is 7.55. The summed E-state index contributed by atoms with van der Waals surface area (Å²) in [7, 11) is 0. The standard InChI is InChI=1S/C17H29NO2/c1-14(18-13-17(2,3)11-4-12-19)5-6-15-7-9-16(20)10-8-15/h7-10,14,18-20H,4-6,11-13H2,1-3H3. The van der Waals surface area contributed by atoms with Gasteiger partial charge in [0.1, 0.15) is 5.75 Å². The van der Waals surface area contributed by atoms with Gasteiger partial charge in [-0.2, -0.15) is 0 Å². The Balaban J connectivity index is 2.26. The van der Waals surface area contributed by atoms with E-state index < -0.39 is 0 Å². The summed E-state index contributed by atoms with van der Waals surface area (Å²) in [5.41, 5.74) is 1.49. The van der Waals surface area contributed by atoms with Crippen LogP contribution in [-0.4, -0.2) is 29.4 Å². The van der Waals surface area contributed by atoms with Crippen molar-refractivity contribution in [2.45, 2.75) is 52.5 Å². The van der Waals surface area contributed by atoms with E-state index >= 15 is 0 Å². The highest BCUT2D eigenvalue weighted by Gasteiger charge is 2.17. The molecule has 0 aliphatic heterocycles. The lowest BCUT2D eigenvalue weighted by atomic mass is 9.87. The van der Waals surface area contributed by atoms with Crippen molar-refractivity contribution in [2.24, 2.45) is 5.41 Å². The molecule has 0 saturated carbocycles. The largest absolute Gasteiger partial charge is 0.508 e. The molecule has 1 aromatic carbocycles. The molecule has 3 nitrogen and oxygen atoms in total. The Morgan fingerprint density at radius 1 is 1.20 bits per heavy atom. The summed E-state index contributed by atoms with van der Waals surface area (Å²) >= 11 is 0. The molecule has 0 saturated heterocycles. The summed E-state index contributed by atoms with van der Waals surface area (Å²) in [5, 5.41) is 21.7. The Hall–Kier alpha value is -1.06. The van der Waals surface area contributed by atoms with Gasteiger partial charge in [0.2, 0.25) is 0 Å². The Morgan fingerprint density at radius 3 is 2.45 bits per heavy atom. The topological polar surface area (TPSA) is 52.5 Å². The van der Waals surface area contributed by atoms with Gasteiger partial charge in [-0.1, -0.05) is 26.0 Å². The number of benzene rings is 1. The molecule has 0 amide bonds. The zero-order valence-electron chi connectivity index (χ0n) is 13.0. The minimum Gasteiger partial charge on any atom is -0.508 e. The molecule has 1 rings (SSSR count). The minimum absolute atomic E-state index is 0.232. The van der Waals surface area contributed by atoms with Gasteiger partial charge in [-0.15, -0.1) is 0 Å². The van der Waals surface area contributed by atoms with Crippen LogP contribution in [0.1, 0.15) is 45.6 Å². The number of nitrogens with one attached hydrogen (secondary N) is 1. The van der Waals surface area contributed by atoms with Crippen molar-refractivity contribution in [3.05, 3.63) is 29.8 Å². The first kappa shape index (κ1) is 17.0. The van der Waals surface area contributed by atoms with Crippen LogP contribution in [0.4, 0.5) is 0 Å². The van der Waals surface area contributed by atoms with Crippen LogP contribution >= 0.6 is 0 Å². The van der Waals surface area contributed by atoms with Gasteiger partial charge in [-0.3, -0.25) is 0 Å². The minimum atomic E-state index is 0.232. The maximum absolute atomic E-state index is 9.25. The summed E-state index contributed by atoms with van der Waals surface area (Å²) in [5.74, 6) is 0.325. The van der Waals surface area contributed by atoms with Crippen molar-refractivity contribution in [1.82, 2.24) is 5.32 Å². The van der Waals surface area contributed by atoms with Gasteiger partial charge in [0, 0.05) is 19.2 Å². The predicted molar refractivity (Wildman–Crippen MR) is 84.0 cm³/mol. The molecule has 1 atom stereocenters. The number of hydrogen-bond donors (Lipinski definition) is 3. The molecule has 0 bridgehead atoms. The quantitative estimate of drug-likeness (QED) is 0.651. The molecule has 1 unspecified atom stereocenters. The summed E-state index contributed by atoms with van der Waals surface area (Å²) in [6.07, 6.45) is 4.02. The Labute approximate surface area is 123 Å². The predicted octanol–water partition coefficient (Wildman–Crippen LogP) is 3.10. The fourth-order valence-corrected chi connectivity index (χ4v) is 2.24. The zero-order valence-corrected chi connectivity index (χ0v) is 13.0. The molecule has 1 aromatic rings. The van der Waals surface area contributed by atoms with Gasteiger partial charge in [0.05, 0.1) is 0 Å². The molecule has 3 heteroatoms. The van der Waals surface area contributed by atoms with Crippen molar-refractivity contribution in [1.29, 1.82) is 0 Å².